The molecular weight excluding hydrogens is 278 g/mol. The van der Waals surface area contributed by atoms with Crippen LogP contribution in [0.15, 0.2) is 6.20 Å². The Hall–Kier alpha value is -1.06. The lowest BCUT2D eigenvalue weighted by Gasteiger charge is -2.39. The summed E-state index contributed by atoms with van der Waals surface area (Å²) in [4.78, 5) is 0. The van der Waals surface area contributed by atoms with Crippen molar-refractivity contribution in [2.45, 2.75) is 57.5 Å². The Morgan fingerprint density at radius 2 is 2.00 bits per heavy atom. The van der Waals surface area contributed by atoms with E-state index in [1.807, 2.05) is 0 Å². The number of methoxy groups -OCH3 is 1. The quantitative estimate of drug-likeness (QED) is 0.635. The van der Waals surface area contributed by atoms with Crippen molar-refractivity contribution in [3.63, 3.8) is 0 Å². The number of nitrogens with zero attached hydrogens (tertiary/aromatic N) is 3. The summed E-state index contributed by atoms with van der Waals surface area (Å²) < 4.78 is 12.0. The number of aliphatic hydroxyl groups excluding tert-OH is 3. The van der Waals surface area contributed by atoms with Crippen molar-refractivity contribution in [2.75, 3.05) is 7.11 Å². The highest BCUT2D eigenvalue weighted by molar-refractivity contribution is 4.95. The van der Waals surface area contributed by atoms with Crippen LogP contribution in [0, 0.1) is 5.92 Å². The van der Waals surface area contributed by atoms with E-state index in [0.29, 0.717) is 5.92 Å². The van der Waals surface area contributed by atoms with Crippen molar-refractivity contribution in [1.82, 2.24) is 15.0 Å². The summed E-state index contributed by atoms with van der Waals surface area (Å²) in [6, 6.07) is 0. The second-order valence-corrected chi connectivity index (χ2v) is 5.78. The SMILES string of the molecule is CO[C@H]1O[C@H](Cn2cc(CC(C)C)nn2)[C@@H](O)[C@H](O)[C@H]1O. The molecule has 1 aromatic heterocycles. The maximum atomic E-state index is 9.98. The fourth-order valence-electron chi connectivity index (χ4n) is 2.39. The van der Waals surface area contributed by atoms with Crippen molar-refractivity contribution >= 4 is 0 Å². The molecule has 0 radical (unpaired) electrons. The van der Waals surface area contributed by atoms with Gasteiger partial charge in [-0.25, -0.2) is 4.68 Å². The number of rotatable bonds is 5. The Balaban J connectivity index is 2.02. The third-order valence-electron chi connectivity index (χ3n) is 3.47. The van der Waals surface area contributed by atoms with Gasteiger partial charge in [-0.1, -0.05) is 19.1 Å². The highest BCUT2D eigenvalue weighted by Crippen LogP contribution is 2.22. The number of hydrogen-bond donors (Lipinski definition) is 3. The molecule has 8 nitrogen and oxygen atoms in total. The Labute approximate surface area is 123 Å². The van der Waals surface area contributed by atoms with Gasteiger partial charge in [-0.05, 0) is 12.3 Å². The molecule has 1 aliphatic rings. The molecule has 5 atom stereocenters. The van der Waals surface area contributed by atoms with Crippen LogP contribution in [0.3, 0.4) is 0 Å². The van der Waals surface area contributed by atoms with Crippen LogP contribution in [-0.4, -0.2) is 68.1 Å². The van der Waals surface area contributed by atoms with Crippen LogP contribution in [0.25, 0.3) is 0 Å². The van der Waals surface area contributed by atoms with E-state index in [0.717, 1.165) is 12.1 Å². The largest absolute Gasteiger partial charge is 0.388 e. The fraction of sp³-hybridized carbons (Fsp3) is 0.846. The summed E-state index contributed by atoms with van der Waals surface area (Å²) in [5.41, 5.74) is 0.860. The van der Waals surface area contributed by atoms with Crippen LogP contribution in [-0.2, 0) is 22.4 Å². The summed E-state index contributed by atoms with van der Waals surface area (Å²) in [6.45, 7) is 4.40. The Morgan fingerprint density at radius 1 is 1.29 bits per heavy atom. The van der Waals surface area contributed by atoms with Gasteiger partial charge in [0.15, 0.2) is 6.29 Å². The van der Waals surface area contributed by atoms with Gasteiger partial charge in [0.2, 0.25) is 0 Å². The molecule has 2 heterocycles. The molecule has 1 aliphatic heterocycles. The van der Waals surface area contributed by atoms with E-state index in [1.54, 1.807) is 10.9 Å². The monoisotopic (exact) mass is 301 g/mol. The van der Waals surface area contributed by atoms with Crippen molar-refractivity contribution < 1.29 is 24.8 Å². The van der Waals surface area contributed by atoms with Gasteiger partial charge in [-0.15, -0.1) is 5.10 Å². The van der Waals surface area contributed by atoms with E-state index in [2.05, 4.69) is 24.2 Å². The van der Waals surface area contributed by atoms with Crippen molar-refractivity contribution in [1.29, 1.82) is 0 Å². The smallest absolute Gasteiger partial charge is 0.186 e. The van der Waals surface area contributed by atoms with Crippen LogP contribution >= 0.6 is 0 Å². The van der Waals surface area contributed by atoms with Crippen LogP contribution in [0.4, 0.5) is 0 Å². The minimum absolute atomic E-state index is 0.218. The minimum Gasteiger partial charge on any atom is -0.388 e. The lowest BCUT2D eigenvalue weighted by Crippen LogP contribution is -2.58. The zero-order valence-corrected chi connectivity index (χ0v) is 12.5. The van der Waals surface area contributed by atoms with Gasteiger partial charge in [-0.3, -0.25) is 0 Å². The van der Waals surface area contributed by atoms with Gasteiger partial charge < -0.3 is 24.8 Å². The minimum atomic E-state index is -1.33. The normalized spacial score (nSPS) is 33.6. The first-order chi connectivity index (χ1) is 9.92. The molecule has 0 spiro atoms. The van der Waals surface area contributed by atoms with Gasteiger partial charge in [-0.2, -0.15) is 0 Å². The lowest BCUT2D eigenvalue weighted by molar-refractivity contribution is -0.292. The first kappa shape index (κ1) is 16.3. The van der Waals surface area contributed by atoms with Crippen molar-refractivity contribution in [2.24, 2.45) is 5.92 Å². The van der Waals surface area contributed by atoms with E-state index in [-0.39, 0.29) is 6.54 Å². The number of aliphatic hydroxyl groups is 3. The average molecular weight is 301 g/mol. The molecule has 21 heavy (non-hydrogen) atoms. The van der Waals surface area contributed by atoms with Crippen molar-refractivity contribution in [3.8, 4) is 0 Å². The molecule has 1 fully saturated rings. The van der Waals surface area contributed by atoms with Crippen LogP contribution in [0.1, 0.15) is 19.5 Å². The Kier molecular flexibility index (Phi) is 5.28. The second kappa shape index (κ2) is 6.80. The summed E-state index contributed by atoms with van der Waals surface area (Å²) >= 11 is 0. The lowest BCUT2D eigenvalue weighted by atomic mass is 9.99. The van der Waals surface area contributed by atoms with Crippen LogP contribution in [0.5, 0.6) is 0 Å². The molecule has 120 valence electrons. The van der Waals surface area contributed by atoms with E-state index in [1.165, 1.54) is 7.11 Å². The predicted octanol–water partition coefficient (Wildman–Crippen LogP) is -1.07. The highest BCUT2D eigenvalue weighted by atomic mass is 16.7. The topological polar surface area (TPSA) is 110 Å². The van der Waals surface area contributed by atoms with E-state index in [4.69, 9.17) is 9.47 Å². The maximum Gasteiger partial charge on any atom is 0.186 e. The van der Waals surface area contributed by atoms with Gasteiger partial charge in [0.1, 0.15) is 24.4 Å². The molecule has 3 N–H and O–H groups in total. The van der Waals surface area contributed by atoms with Crippen molar-refractivity contribution in [3.05, 3.63) is 11.9 Å². The van der Waals surface area contributed by atoms with E-state index < -0.39 is 30.7 Å². The first-order valence-corrected chi connectivity index (χ1v) is 7.03. The van der Waals surface area contributed by atoms with E-state index >= 15 is 0 Å². The molecule has 0 bridgehead atoms. The third kappa shape index (κ3) is 3.78. The average Bonchev–Trinajstić information content (AvgIpc) is 2.86. The summed E-state index contributed by atoms with van der Waals surface area (Å²) in [5, 5.41) is 37.5. The van der Waals surface area contributed by atoms with Gasteiger partial charge in [0.05, 0.1) is 12.2 Å². The predicted molar refractivity (Wildman–Crippen MR) is 72.3 cm³/mol. The van der Waals surface area contributed by atoms with Gasteiger partial charge in [0, 0.05) is 13.3 Å². The zero-order valence-electron chi connectivity index (χ0n) is 12.5. The maximum absolute atomic E-state index is 9.98. The number of ether oxygens (including phenoxy) is 2. The molecule has 0 aliphatic carbocycles. The molecule has 0 unspecified atom stereocenters. The van der Waals surface area contributed by atoms with E-state index in [9.17, 15) is 15.3 Å². The molecule has 2 rings (SSSR count). The highest BCUT2D eigenvalue weighted by Gasteiger charge is 2.44. The second-order valence-electron chi connectivity index (χ2n) is 5.78. The number of aromatic nitrogens is 3. The summed E-state index contributed by atoms with van der Waals surface area (Å²) in [5.74, 6) is 0.474. The molecule has 1 saturated heterocycles. The Morgan fingerprint density at radius 3 is 2.62 bits per heavy atom. The molecular formula is C13H23N3O5. The molecule has 0 amide bonds. The Bertz CT molecular complexity index is 451. The fourth-order valence-corrected chi connectivity index (χ4v) is 2.39. The summed E-state index contributed by atoms with van der Waals surface area (Å²) in [6.07, 6.45) is -2.94. The molecule has 1 aromatic rings. The molecule has 0 aromatic carbocycles. The van der Waals surface area contributed by atoms with Crippen LogP contribution in [0.2, 0.25) is 0 Å². The number of hydrogen-bond acceptors (Lipinski definition) is 7. The molecule has 8 heteroatoms. The van der Waals surface area contributed by atoms with Gasteiger partial charge >= 0.3 is 0 Å². The standard InChI is InChI=1S/C13H23N3O5/c1-7(2)4-8-5-16(15-14-8)6-9-10(17)11(18)12(19)13(20-3)21-9/h5,7,9-13,17-19H,4,6H2,1-3H3/t9-,10-,11+,12-,13+/m1/s1. The first-order valence-electron chi connectivity index (χ1n) is 7.03. The zero-order chi connectivity index (χ0) is 15.6. The third-order valence-corrected chi connectivity index (χ3v) is 3.47. The summed E-state index contributed by atoms with van der Waals surface area (Å²) in [7, 11) is 1.37. The van der Waals surface area contributed by atoms with Gasteiger partial charge in [0.25, 0.3) is 0 Å². The van der Waals surface area contributed by atoms with Crippen LogP contribution < -0.4 is 0 Å². The molecule has 0 saturated carbocycles.